The Morgan fingerprint density at radius 3 is 2.72 bits per heavy atom. The van der Waals surface area contributed by atoms with E-state index in [0.29, 0.717) is 30.5 Å². The van der Waals surface area contributed by atoms with Crippen molar-refractivity contribution in [1.82, 2.24) is 4.57 Å². The molecular weight excluding hydrogens is 386 g/mol. The highest BCUT2D eigenvalue weighted by atomic mass is 79.9. The highest BCUT2D eigenvalue weighted by molar-refractivity contribution is 9.10. The number of halogens is 1. The fourth-order valence-corrected chi connectivity index (χ4v) is 3.04. The summed E-state index contributed by atoms with van der Waals surface area (Å²) in [7, 11) is 0. The van der Waals surface area contributed by atoms with Gasteiger partial charge in [-0.2, -0.15) is 0 Å². The van der Waals surface area contributed by atoms with E-state index in [4.69, 9.17) is 9.15 Å². The second-order valence-corrected chi connectivity index (χ2v) is 6.86. The normalized spacial score (nSPS) is 11.0. The van der Waals surface area contributed by atoms with Crippen molar-refractivity contribution in [3.8, 4) is 5.75 Å². The van der Waals surface area contributed by atoms with E-state index in [-0.39, 0.29) is 0 Å². The van der Waals surface area contributed by atoms with Crippen molar-refractivity contribution in [2.45, 2.75) is 26.8 Å². The summed E-state index contributed by atoms with van der Waals surface area (Å²) in [4.78, 5) is 23.9. The first-order valence-corrected chi connectivity index (χ1v) is 8.78. The maximum absolute atomic E-state index is 12.0. The van der Waals surface area contributed by atoms with Crippen LogP contribution < -0.4 is 16.1 Å². The van der Waals surface area contributed by atoms with E-state index in [1.165, 1.54) is 4.57 Å². The van der Waals surface area contributed by atoms with Gasteiger partial charge in [0.25, 0.3) is 0 Å². The van der Waals surface area contributed by atoms with Crippen molar-refractivity contribution >= 4 is 26.8 Å². The first kappa shape index (κ1) is 17.5. The molecule has 0 N–H and O–H groups in total. The lowest BCUT2D eigenvalue weighted by molar-refractivity contribution is 0.295. The summed E-state index contributed by atoms with van der Waals surface area (Å²) in [6, 6.07) is 11.2. The maximum Gasteiger partial charge on any atom is 0.422 e. The molecule has 2 aromatic carbocycles. The Morgan fingerprint density at radius 2 is 1.92 bits per heavy atom. The maximum atomic E-state index is 12.0. The molecular formula is C19H18BrNO4. The minimum absolute atomic E-state index is 0.379. The molecule has 0 saturated carbocycles. The zero-order chi connectivity index (χ0) is 18.0. The lowest BCUT2D eigenvalue weighted by Gasteiger charge is -2.11. The number of fused-ring (bicyclic) bond motifs is 1. The molecule has 0 spiro atoms. The molecule has 3 aromatic rings. The van der Waals surface area contributed by atoms with Crippen LogP contribution in [0.4, 0.5) is 0 Å². The van der Waals surface area contributed by atoms with Crippen molar-refractivity contribution in [2.75, 3.05) is 6.61 Å². The Balaban J connectivity index is 1.76. The molecule has 0 aliphatic heterocycles. The molecule has 0 atom stereocenters. The van der Waals surface area contributed by atoms with Crippen molar-refractivity contribution in [2.24, 2.45) is 0 Å². The summed E-state index contributed by atoms with van der Waals surface area (Å²) >= 11 is 3.32. The molecule has 5 nitrogen and oxygen atoms in total. The largest absolute Gasteiger partial charge is 0.493 e. The van der Waals surface area contributed by atoms with Crippen LogP contribution >= 0.6 is 15.9 Å². The van der Waals surface area contributed by atoms with Gasteiger partial charge in [-0.3, -0.25) is 4.57 Å². The van der Waals surface area contributed by atoms with Gasteiger partial charge in [-0.25, -0.2) is 9.59 Å². The average Bonchev–Trinajstić information content (AvgIpc) is 2.57. The minimum Gasteiger partial charge on any atom is -0.493 e. The summed E-state index contributed by atoms with van der Waals surface area (Å²) in [5.41, 5.74) is 2.15. The molecule has 0 radical (unpaired) electrons. The summed E-state index contributed by atoms with van der Waals surface area (Å²) < 4.78 is 12.9. The van der Waals surface area contributed by atoms with Crippen molar-refractivity contribution < 1.29 is 9.15 Å². The van der Waals surface area contributed by atoms with Crippen molar-refractivity contribution in [3.05, 3.63) is 73.0 Å². The van der Waals surface area contributed by atoms with Crippen LogP contribution in [-0.2, 0) is 6.54 Å². The summed E-state index contributed by atoms with van der Waals surface area (Å²) in [6.07, 6.45) is 0.617. The monoisotopic (exact) mass is 403 g/mol. The number of hydrogen-bond donors (Lipinski definition) is 0. The third-order valence-electron chi connectivity index (χ3n) is 4.00. The van der Waals surface area contributed by atoms with Crippen LogP contribution in [0, 0.1) is 13.8 Å². The van der Waals surface area contributed by atoms with Gasteiger partial charge in [0.2, 0.25) is 0 Å². The van der Waals surface area contributed by atoms with Gasteiger partial charge in [-0.05, 0) is 55.7 Å². The topological polar surface area (TPSA) is 61.4 Å². The number of rotatable bonds is 5. The van der Waals surface area contributed by atoms with E-state index >= 15 is 0 Å². The second kappa shape index (κ2) is 7.27. The third-order valence-corrected chi connectivity index (χ3v) is 4.49. The molecule has 0 aliphatic carbocycles. The van der Waals surface area contributed by atoms with Gasteiger partial charge >= 0.3 is 11.4 Å². The third kappa shape index (κ3) is 3.85. The quantitative estimate of drug-likeness (QED) is 0.607. The number of benzene rings is 2. The smallest absolute Gasteiger partial charge is 0.422 e. The van der Waals surface area contributed by atoms with E-state index in [2.05, 4.69) is 15.9 Å². The Labute approximate surface area is 153 Å². The molecule has 130 valence electrons. The molecule has 0 amide bonds. The standard InChI is InChI=1S/C19H18BrNO4/c1-12-4-5-13(2)17(10-12)24-9-3-8-21-16-7-6-14(20)11-15(16)18(22)25-19(21)23/h4-7,10-11H,3,8-9H2,1-2H3. The lowest BCUT2D eigenvalue weighted by atomic mass is 10.1. The highest BCUT2D eigenvalue weighted by Gasteiger charge is 2.10. The predicted molar refractivity (Wildman–Crippen MR) is 100 cm³/mol. The molecule has 0 bridgehead atoms. The second-order valence-electron chi connectivity index (χ2n) is 5.94. The molecule has 0 unspecified atom stereocenters. The van der Waals surface area contributed by atoms with Crippen LogP contribution in [0.3, 0.4) is 0 Å². The molecule has 0 aliphatic rings. The molecule has 1 heterocycles. The van der Waals surface area contributed by atoms with Crippen LogP contribution in [0.25, 0.3) is 10.9 Å². The Bertz CT molecular complexity index is 1040. The first-order chi connectivity index (χ1) is 12.0. The van der Waals surface area contributed by atoms with E-state index in [9.17, 15) is 9.59 Å². The predicted octanol–water partition coefficient (Wildman–Crippen LogP) is 3.80. The van der Waals surface area contributed by atoms with Crippen LogP contribution in [0.15, 0.2) is 54.9 Å². The zero-order valence-corrected chi connectivity index (χ0v) is 15.6. The average molecular weight is 404 g/mol. The van der Waals surface area contributed by atoms with E-state index in [0.717, 1.165) is 21.3 Å². The Morgan fingerprint density at radius 1 is 1.12 bits per heavy atom. The number of aryl methyl sites for hydroxylation is 3. The first-order valence-electron chi connectivity index (χ1n) is 7.99. The van der Waals surface area contributed by atoms with Gasteiger partial charge in [-0.1, -0.05) is 28.1 Å². The van der Waals surface area contributed by atoms with Crippen LogP contribution in [-0.4, -0.2) is 11.2 Å². The summed E-state index contributed by atoms with van der Waals surface area (Å²) in [5, 5.41) is 0.379. The fraction of sp³-hybridized carbons (Fsp3) is 0.263. The lowest BCUT2D eigenvalue weighted by Crippen LogP contribution is -2.25. The van der Waals surface area contributed by atoms with Crippen LogP contribution in [0.2, 0.25) is 0 Å². The molecule has 6 heteroatoms. The number of ether oxygens (including phenoxy) is 1. The van der Waals surface area contributed by atoms with Gasteiger partial charge in [0.05, 0.1) is 17.5 Å². The van der Waals surface area contributed by atoms with E-state index in [1.807, 2.05) is 32.0 Å². The molecule has 3 rings (SSSR count). The molecule has 0 fully saturated rings. The summed E-state index contributed by atoms with van der Waals surface area (Å²) in [6.45, 7) is 4.89. The number of nitrogens with zero attached hydrogens (tertiary/aromatic N) is 1. The van der Waals surface area contributed by atoms with Crippen LogP contribution in [0.5, 0.6) is 5.75 Å². The summed E-state index contributed by atoms with van der Waals surface area (Å²) in [5.74, 6) is 0.201. The van der Waals surface area contributed by atoms with Gasteiger partial charge in [-0.15, -0.1) is 0 Å². The molecule has 0 saturated heterocycles. The Hall–Kier alpha value is -2.34. The Kier molecular flexibility index (Phi) is 5.08. The fourth-order valence-electron chi connectivity index (χ4n) is 2.67. The van der Waals surface area contributed by atoms with Gasteiger partial charge < -0.3 is 9.15 Å². The number of hydrogen-bond acceptors (Lipinski definition) is 4. The van der Waals surface area contributed by atoms with E-state index < -0.39 is 11.4 Å². The zero-order valence-electron chi connectivity index (χ0n) is 14.0. The van der Waals surface area contributed by atoms with Gasteiger partial charge in [0, 0.05) is 11.0 Å². The SMILES string of the molecule is Cc1ccc(C)c(OCCCn2c(=O)oc(=O)c3cc(Br)ccc32)c1. The molecule has 1 aromatic heterocycles. The highest BCUT2D eigenvalue weighted by Crippen LogP contribution is 2.19. The van der Waals surface area contributed by atoms with Crippen molar-refractivity contribution in [1.29, 1.82) is 0 Å². The van der Waals surface area contributed by atoms with Crippen LogP contribution in [0.1, 0.15) is 17.5 Å². The number of aromatic nitrogens is 1. The minimum atomic E-state index is -0.647. The van der Waals surface area contributed by atoms with E-state index in [1.54, 1.807) is 18.2 Å². The van der Waals surface area contributed by atoms with Gasteiger partial charge in [0.15, 0.2) is 0 Å². The van der Waals surface area contributed by atoms with Gasteiger partial charge in [0.1, 0.15) is 5.75 Å². The van der Waals surface area contributed by atoms with Crippen molar-refractivity contribution in [3.63, 3.8) is 0 Å². The molecule has 25 heavy (non-hydrogen) atoms.